The standard InChI is InChI=1S/C18H14Cl2N6O/c1-10(11-2-4-13(27)5-3-11)18-24-23-16-7-6-15(25-26(16)18)22-14-8-12(19)9-21-17(14)20/h2-10,27H,1H3,(H,22,25)/t10-/m0/s1. The summed E-state index contributed by atoms with van der Waals surface area (Å²) in [5, 5.41) is 26.4. The average Bonchev–Trinajstić information content (AvgIpc) is 3.08. The first-order valence-corrected chi connectivity index (χ1v) is 8.86. The summed E-state index contributed by atoms with van der Waals surface area (Å²) in [5.74, 6) is 1.37. The second kappa shape index (κ2) is 7.02. The van der Waals surface area contributed by atoms with Crippen molar-refractivity contribution in [3.05, 3.63) is 70.2 Å². The number of halogens is 2. The van der Waals surface area contributed by atoms with Gasteiger partial charge in [-0.2, -0.15) is 4.52 Å². The van der Waals surface area contributed by atoms with Gasteiger partial charge in [0.15, 0.2) is 22.4 Å². The molecule has 1 aromatic carbocycles. The first-order valence-electron chi connectivity index (χ1n) is 8.10. The third-order valence-electron chi connectivity index (χ3n) is 4.14. The number of pyridine rings is 1. The lowest BCUT2D eigenvalue weighted by molar-refractivity contribution is 0.475. The number of phenolic OH excluding ortho intramolecular Hbond substituents is 1. The molecule has 2 N–H and O–H groups in total. The summed E-state index contributed by atoms with van der Waals surface area (Å²) in [5.41, 5.74) is 2.16. The highest BCUT2D eigenvalue weighted by Crippen LogP contribution is 2.27. The van der Waals surface area contributed by atoms with Crippen LogP contribution in [0.5, 0.6) is 5.75 Å². The summed E-state index contributed by atoms with van der Waals surface area (Å²) in [6.07, 6.45) is 1.48. The Morgan fingerprint density at radius 3 is 2.63 bits per heavy atom. The Hall–Kier alpha value is -2.90. The van der Waals surface area contributed by atoms with Crippen LogP contribution in [0.2, 0.25) is 10.2 Å². The summed E-state index contributed by atoms with van der Waals surface area (Å²) in [7, 11) is 0. The van der Waals surface area contributed by atoms with E-state index in [1.54, 1.807) is 34.8 Å². The minimum absolute atomic E-state index is 0.0697. The summed E-state index contributed by atoms with van der Waals surface area (Å²) in [6.45, 7) is 2.00. The van der Waals surface area contributed by atoms with Gasteiger partial charge in [-0.3, -0.25) is 0 Å². The third-order valence-corrected chi connectivity index (χ3v) is 4.64. The van der Waals surface area contributed by atoms with Crippen molar-refractivity contribution in [1.29, 1.82) is 0 Å². The first-order chi connectivity index (χ1) is 13.0. The van der Waals surface area contributed by atoms with E-state index >= 15 is 0 Å². The van der Waals surface area contributed by atoms with Gasteiger partial charge < -0.3 is 10.4 Å². The number of aromatic hydroxyl groups is 1. The van der Waals surface area contributed by atoms with E-state index in [0.29, 0.717) is 33.2 Å². The zero-order valence-electron chi connectivity index (χ0n) is 14.1. The van der Waals surface area contributed by atoms with Crippen molar-refractivity contribution in [2.75, 3.05) is 5.32 Å². The Kier molecular flexibility index (Phi) is 4.55. The molecule has 0 aliphatic carbocycles. The fourth-order valence-electron chi connectivity index (χ4n) is 2.70. The number of nitrogens with one attached hydrogen (secondary N) is 1. The summed E-state index contributed by atoms with van der Waals surface area (Å²) >= 11 is 12.1. The zero-order valence-corrected chi connectivity index (χ0v) is 15.6. The van der Waals surface area contributed by atoms with E-state index in [1.165, 1.54) is 6.20 Å². The topological polar surface area (TPSA) is 88.2 Å². The molecule has 0 spiro atoms. The van der Waals surface area contributed by atoms with Crippen LogP contribution in [0.25, 0.3) is 5.65 Å². The lowest BCUT2D eigenvalue weighted by Gasteiger charge is -2.11. The number of benzene rings is 1. The molecule has 9 heteroatoms. The van der Waals surface area contributed by atoms with E-state index in [2.05, 4.69) is 25.6 Å². The van der Waals surface area contributed by atoms with Gasteiger partial charge in [0.25, 0.3) is 0 Å². The number of rotatable bonds is 4. The lowest BCUT2D eigenvalue weighted by Crippen LogP contribution is -2.06. The molecule has 0 saturated carbocycles. The van der Waals surface area contributed by atoms with Gasteiger partial charge >= 0.3 is 0 Å². The maximum absolute atomic E-state index is 9.48. The molecule has 136 valence electrons. The van der Waals surface area contributed by atoms with Gasteiger partial charge in [-0.05, 0) is 35.9 Å². The van der Waals surface area contributed by atoms with Gasteiger partial charge in [0.2, 0.25) is 0 Å². The van der Waals surface area contributed by atoms with Crippen molar-refractivity contribution in [3.63, 3.8) is 0 Å². The number of anilines is 2. The molecule has 0 saturated heterocycles. The lowest BCUT2D eigenvalue weighted by atomic mass is 10.0. The molecule has 0 radical (unpaired) electrons. The van der Waals surface area contributed by atoms with Crippen LogP contribution >= 0.6 is 23.2 Å². The maximum atomic E-state index is 9.48. The molecule has 1 atom stereocenters. The molecule has 0 amide bonds. The van der Waals surface area contributed by atoms with Crippen LogP contribution in [0, 0.1) is 0 Å². The van der Waals surface area contributed by atoms with Crippen LogP contribution in [0.4, 0.5) is 11.5 Å². The molecule has 7 nitrogen and oxygen atoms in total. The van der Waals surface area contributed by atoms with E-state index in [9.17, 15) is 5.11 Å². The van der Waals surface area contributed by atoms with E-state index in [1.807, 2.05) is 19.1 Å². The highest BCUT2D eigenvalue weighted by atomic mass is 35.5. The van der Waals surface area contributed by atoms with Crippen molar-refractivity contribution in [3.8, 4) is 5.75 Å². The number of nitrogens with zero attached hydrogens (tertiary/aromatic N) is 5. The first kappa shape index (κ1) is 17.5. The van der Waals surface area contributed by atoms with Crippen molar-refractivity contribution in [2.24, 2.45) is 0 Å². The minimum Gasteiger partial charge on any atom is -0.508 e. The summed E-state index contributed by atoms with van der Waals surface area (Å²) in [4.78, 5) is 4.01. The molecule has 0 unspecified atom stereocenters. The second-order valence-corrected chi connectivity index (χ2v) is 6.77. The molecule has 27 heavy (non-hydrogen) atoms. The van der Waals surface area contributed by atoms with Gasteiger partial charge in [0.1, 0.15) is 5.75 Å². The maximum Gasteiger partial charge on any atom is 0.178 e. The quantitative estimate of drug-likeness (QED) is 0.492. The third kappa shape index (κ3) is 3.51. The normalized spacial score (nSPS) is 12.3. The number of hydrogen-bond donors (Lipinski definition) is 2. The van der Waals surface area contributed by atoms with Crippen LogP contribution in [-0.4, -0.2) is 29.9 Å². The van der Waals surface area contributed by atoms with Gasteiger partial charge in [-0.1, -0.05) is 42.3 Å². The van der Waals surface area contributed by atoms with Crippen LogP contribution in [-0.2, 0) is 0 Å². The number of phenols is 1. The van der Waals surface area contributed by atoms with Crippen LogP contribution < -0.4 is 5.32 Å². The van der Waals surface area contributed by atoms with Gasteiger partial charge in [-0.15, -0.1) is 15.3 Å². The summed E-state index contributed by atoms with van der Waals surface area (Å²) < 4.78 is 1.67. The fraction of sp³-hybridized carbons (Fsp3) is 0.111. The predicted molar refractivity (Wildman–Crippen MR) is 104 cm³/mol. The van der Waals surface area contributed by atoms with Crippen molar-refractivity contribution in [1.82, 2.24) is 24.8 Å². The highest BCUT2D eigenvalue weighted by molar-refractivity contribution is 6.34. The Balaban J connectivity index is 1.70. The fourth-order valence-corrected chi connectivity index (χ4v) is 3.01. The monoisotopic (exact) mass is 400 g/mol. The van der Waals surface area contributed by atoms with E-state index < -0.39 is 0 Å². The Labute approximate surface area is 164 Å². The largest absolute Gasteiger partial charge is 0.508 e. The van der Waals surface area contributed by atoms with E-state index in [-0.39, 0.29) is 11.7 Å². The van der Waals surface area contributed by atoms with Gasteiger partial charge in [0.05, 0.1) is 10.7 Å². The molecule has 0 aliphatic rings. The molecule has 4 rings (SSSR count). The molecule has 4 aromatic rings. The molecular weight excluding hydrogens is 387 g/mol. The Bertz CT molecular complexity index is 1110. The molecule has 0 aliphatic heterocycles. The van der Waals surface area contributed by atoms with Crippen LogP contribution in [0.1, 0.15) is 24.2 Å². The molecule has 3 heterocycles. The van der Waals surface area contributed by atoms with Crippen LogP contribution in [0.15, 0.2) is 48.7 Å². The highest BCUT2D eigenvalue weighted by Gasteiger charge is 2.17. The predicted octanol–water partition coefficient (Wildman–Crippen LogP) is 4.43. The van der Waals surface area contributed by atoms with Crippen molar-refractivity contribution >= 4 is 40.4 Å². The minimum atomic E-state index is -0.0697. The van der Waals surface area contributed by atoms with E-state index in [4.69, 9.17) is 23.2 Å². The Morgan fingerprint density at radius 1 is 1.07 bits per heavy atom. The second-order valence-electron chi connectivity index (χ2n) is 5.98. The molecule has 0 fully saturated rings. The van der Waals surface area contributed by atoms with Gasteiger partial charge in [-0.25, -0.2) is 4.98 Å². The number of fused-ring (bicyclic) bond motifs is 1. The van der Waals surface area contributed by atoms with Crippen molar-refractivity contribution < 1.29 is 5.11 Å². The average molecular weight is 401 g/mol. The number of hydrogen-bond acceptors (Lipinski definition) is 6. The van der Waals surface area contributed by atoms with E-state index in [0.717, 1.165) is 5.56 Å². The SMILES string of the molecule is C[C@@H](c1ccc(O)cc1)c1nnc2ccc(Nc3cc(Cl)cnc3Cl)nn12. The van der Waals surface area contributed by atoms with Crippen LogP contribution in [0.3, 0.4) is 0 Å². The molecular formula is C18H14Cl2N6O. The molecule has 3 aromatic heterocycles. The molecule has 0 bridgehead atoms. The van der Waals surface area contributed by atoms with Gasteiger partial charge in [0, 0.05) is 12.1 Å². The zero-order chi connectivity index (χ0) is 19.0. The van der Waals surface area contributed by atoms with Crippen molar-refractivity contribution in [2.45, 2.75) is 12.8 Å². The number of aromatic nitrogens is 5. The smallest absolute Gasteiger partial charge is 0.178 e. The summed E-state index contributed by atoms with van der Waals surface area (Å²) in [6, 6.07) is 12.2. The Morgan fingerprint density at radius 2 is 1.85 bits per heavy atom.